The lowest BCUT2D eigenvalue weighted by molar-refractivity contribution is 0.252. The fourth-order valence-electron chi connectivity index (χ4n) is 2.33. The van der Waals surface area contributed by atoms with E-state index in [0.29, 0.717) is 30.5 Å². The number of hydrogen-bond acceptors (Lipinski definition) is 6. The monoisotopic (exact) mass is 363 g/mol. The Morgan fingerprint density at radius 2 is 1.78 bits per heavy atom. The first kappa shape index (κ1) is 18.1. The van der Waals surface area contributed by atoms with Crippen LogP contribution in [0.4, 0.5) is 27.9 Å². The number of benzene rings is 1. The molecule has 3 aromatic rings. The second-order valence-electron chi connectivity index (χ2n) is 5.82. The molecular weight excluding hydrogens is 342 g/mol. The molecule has 2 amide bonds. The second-order valence-corrected chi connectivity index (χ2v) is 5.82. The fourth-order valence-corrected chi connectivity index (χ4v) is 2.33. The van der Waals surface area contributed by atoms with Crippen molar-refractivity contribution in [1.29, 1.82) is 0 Å². The van der Waals surface area contributed by atoms with Crippen LogP contribution in [0.5, 0.6) is 0 Å². The lowest BCUT2D eigenvalue weighted by Gasteiger charge is -2.09. The van der Waals surface area contributed by atoms with Crippen molar-refractivity contribution in [3.05, 3.63) is 66.4 Å². The van der Waals surface area contributed by atoms with Crippen LogP contribution in [-0.2, 0) is 0 Å². The lowest BCUT2D eigenvalue weighted by atomic mass is 10.2. The highest BCUT2D eigenvalue weighted by molar-refractivity contribution is 5.89. The summed E-state index contributed by atoms with van der Waals surface area (Å²) in [4.78, 5) is 16.0. The molecule has 0 fully saturated rings. The molecule has 0 radical (unpaired) electrons. The number of carbonyl (C=O) groups is 1. The second kappa shape index (κ2) is 9.14. The van der Waals surface area contributed by atoms with Gasteiger partial charge in [-0.25, -0.2) is 9.78 Å². The summed E-state index contributed by atoms with van der Waals surface area (Å²) in [6.07, 6.45) is 1.70. The van der Waals surface area contributed by atoms with Crippen molar-refractivity contribution >= 4 is 29.2 Å². The highest BCUT2D eigenvalue weighted by Crippen LogP contribution is 2.11. The van der Waals surface area contributed by atoms with Crippen molar-refractivity contribution < 1.29 is 4.79 Å². The smallest absolute Gasteiger partial charge is 0.319 e. The number of nitrogens with one attached hydrogen (secondary N) is 4. The van der Waals surface area contributed by atoms with Crippen molar-refractivity contribution in [2.75, 3.05) is 29.0 Å². The molecule has 0 saturated carbocycles. The number of urea groups is 1. The van der Waals surface area contributed by atoms with Gasteiger partial charge in [0, 0.05) is 25.0 Å². The Bertz CT molecular complexity index is 869. The lowest BCUT2D eigenvalue weighted by Crippen LogP contribution is -2.32. The van der Waals surface area contributed by atoms with E-state index in [1.807, 2.05) is 61.5 Å². The van der Waals surface area contributed by atoms with Gasteiger partial charge in [-0.15, -0.1) is 10.2 Å². The molecule has 3 rings (SSSR count). The Balaban J connectivity index is 1.38. The third-order valence-corrected chi connectivity index (χ3v) is 3.58. The van der Waals surface area contributed by atoms with E-state index in [1.54, 1.807) is 6.20 Å². The third kappa shape index (κ3) is 5.96. The minimum Gasteiger partial charge on any atom is -0.367 e. The summed E-state index contributed by atoms with van der Waals surface area (Å²) in [5.41, 5.74) is 1.86. The molecule has 0 atom stereocenters. The zero-order valence-electron chi connectivity index (χ0n) is 14.9. The molecule has 1 aromatic carbocycles. The number of aromatic nitrogens is 3. The number of anilines is 4. The Morgan fingerprint density at radius 1 is 0.926 bits per heavy atom. The summed E-state index contributed by atoms with van der Waals surface area (Å²) >= 11 is 0. The predicted octanol–water partition coefficient (Wildman–Crippen LogP) is 3.16. The largest absolute Gasteiger partial charge is 0.367 e. The first-order chi connectivity index (χ1) is 13.2. The molecule has 2 aromatic heterocycles. The minimum absolute atomic E-state index is 0.247. The highest BCUT2D eigenvalue weighted by Gasteiger charge is 2.02. The number of hydrogen-bond donors (Lipinski definition) is 4. The van der Waals surface area contributed by atoms with Gasteiger partial charge in [-0.3, -0.25) is 0 Å². The van der Waals surface area contributed by atoms with Crippen LogP contribution < -0.4 is 21.3 Å². The van der Waals surface area contributed by atoms with Gasteiger partial charge in [-0.05, 0) is 48.9 Å². The molecule has 138 valence electrons. The summed E-state index contributed by atoms with van der Waals surface area (Å²) in [5, 5.41) is 19.9. The molecule has 0 aliphatic heterocycles. The predicted molar refractivity (Wildman–Crippen MR) is 106 cm³/mol. The number of amides is 2. The normalized spacial score (nSPS) is 10.1. The molecular formula is C19H21N7O. The highest BCUT2D eigenvalue weighted by atomic mass is 16.2. The van der Waals surface area contributed by atoms with E-state index in [-0.39, 0.29) is 6.03 Å². The number of carbonyl (C=O) groups excluding carboxylic acids is 1. The number of nitrogens with zero attached hydrogens (tertiary/aromatic N) is 3. The molecule has 2 heterocycles. The van der Waals surface area contributed by atoms with Gasteiger partial charge in [0.1, 0.15) is 11.6 Å². The van der Waals surface area contributed by atoms with Gasteiger partial charge in [0.05, 0.1) is 0 Å². The van der Waals surface area contributed by atoms with Crippen LogP contribution >= 0.6 is 0 Å². The van der Waals surface area contributed by atoms with Crippen LogP contribution in [-0.4, -0.2) is 34.3 Å². The Morgan fingerprint density at radius 3 is 2.52 bits per heavy atom. The number of aryl methyl sites for hydroxylation is 1. The topological polar surface area (TPSA) is 104 Å². The third-order valence-electron chi connectivity index (χ3n) is 3.58. The number of pyridine rings is 1. The van der Waals surface area contributed by atoms with Gasteiger partial charge < -0.3 is 21.3 Å². The van der Waals surface area contributed by atoms with Crippen LogP contribution in [0.15, 0.2) is 60.8 Å². The summed E-state index contributed by atoms with van der Waals surface area (Å²) in [6, 6.07) is 16.6. The molecule has 27 heavy (non-hydrogen) atoms. The first-order valence-electron chi connectivity index (χ1n) is 8.56. The Labute approximate surface area is 157 Å². The molecule has 4 N–H and O–H groups in total. The van der Waals surface area contributed by atoms with E-state index in [0.717, 1.165) is 11.3 Å². The van der Waals surface area contributed by atoms with E-state index >= 15 is 0 Å². The molecule has 0 aliphatic carbocycles. The molecule has 0 saturated heterocycles. The van der Waals surface area contributed by atoms with Crippen LogP contribution in [0.25, 0.3) is 0 Å². The summed E-state index contributed by atoms with van der Waals surface area (Å²) < 4.78 is 0. The maximum Gasteiger partial charge on any atom is 0.319 e. The number of rotatable bonds is 7. The molecule has 0 spiro atoms. The van der Waals surface area contributed by atoms with E-state index in [4.69, 9.17) is 0 Å². The van der Waals surface area contributed by atoms with E-state index in [2.05, 4.69) is 36.4 Å². The van der Waals surface area contributed by atoms with E-state index in [9.17, 15) is 4.79 Å². The molecule has 8 nitrogen and oxygen atoms in total. The van der Waals surface area contributed by atoms with Gasteiger partial charge >= 0.3 is 6.03 Å². The SMILES string of the molecule is Cc1cccc(NC(=O)NCCNc2ccc(Nc3ccccn3)nn2)c1. The van der Waals surface area contributed by atoms with Crippen LogP contribution in [0.1, 0.15) is 5.56 Å². The van der Waals surface area contributed by atoms with Crippen molar-refractivity contribution in [2.45, 2.75) is 6.92 Å². The maximum absolute atomic E-state index is 11.9. The fraction of sp³-hybridized carbons (Fsp3) is 0.158. The summed E-state index contributed by atoms with van der Waals surface area (Å²) in [7, 11) is 0. The van der Waals surface area contributed by atoms with Gasteiger partial charge in [-0.1, -0.05) is 18.2 Å². The van der Waals surface area contributed by atoms with Crippen LogP contribution in [0.3, 0.4) is 0 Å². The van der Waals surface area contributed by atoms with Crippen molar-refractivity contribution in [3.8, 4) is 0 Å². The van der Waals surface area contributed by atoms with Crippen LogP contribution in [0.2, 0.25) is 0 Å². The van der Waals surface area contributed by atoms with Gasteiger partial charge in [0.25, 0.3) is 0 Å². The maximum atomic E-state index is 11.9. The average molecular weight is 363 g/mol. The Kier molecular flexibility index (Phi) is 6.13. The standard InChI is InChI=1S/C19H21N7O/c1-14-5-4-6-15(13-14)23-19(27)22-12-11-21-17-8-9-18(26-25-17)24-16-7-2-3-10-20-16/h2-10,13H,11-12H2,1H3,(H,21,25)(H,20,24,26)(H2,22,23,27). The zero-order valence-corrected chi connectivity index (χ0v) is 14.9. The van der Waals surface area contributed by atoms with Crippen molar-refractivity contribution in [1.82, 2.24) is 20.5 Å². The average Bonchev–Trinajstić information content (AvgIpc) is 2.67. The zero-order chi connectivity index (χ0) is 18.9. The van der Waals surface area contributed by atoms with Crippen molar-refractivity contribution in [3.63, 3.8) is 0 Å². The van der Waals surface area contributed by atoms with Gasteiger partial charge in [-0.2, -0.15) is 0 Å². The molecule has 0 aliphatic rings. The summed E-state index contributed by atoms with van der Waals surface area (Å²) in [6.45, 7) is 2.96. The van der Waals surface area contributed by atoms with Gasteiger partial charge in [0.15, 0.2) is 5.82 Å². The molecule has 8 heteroatoms. The minimum atomic E-state index is -0.247. The van der Waals surface area contributed by atoms with E-state index in [1.165, 1.54) is 0 Å². The molecule has 0 unspecified atom stereocenters. The van der Waals surface area contributed by atoms with Gasteiger partial charge in [0.2, 0.25) is 0 Å². The summed E-state index contributed by atoms with van der Waals surface area (Å²) in [5.74, 6) is 1.94. The van der Waals surface area contributed by atoms with E-state index < -0.39 is 0 Å². The van der Waals surface area contributed by atoms with Crippen molar-refractivity contribution in [2.24, 2.45) is 0 Å². The molecule has 0 bridgehead atoms. The Hall–Kier alpha value is -3.68. The quantitative estimate of drug-likeness (QED) is 0.481. The van der Waals surface area contributed by atoms with Crippen LogP contribution in [0, 0.1) is 6.92 Å². The first-order valence-corrected chi connectivity index (χ1v) is 8.56.